The average Bonchev–Trinajstić information content (AvgIpc) is 2.14. The van der Waals surface area contributed by atoms with E-state index in [1.165, 1.54) is 0 Å². The van der Waals surface area contributed by atoms with Gasteiger partial charge in [-0.3, -0.25) is 9.79 Å². The summed E-state index contributed by atoms with van der Waals surface area (Å²) in [4.78, 5) is 17.2. The molecule has 0 bridgehead atoms. The van der Waals surface area contributed by atoms with Gasteiger partial charge >= 0.3 is 0 Å². The third-order valence-corrected chi connectivity index (χ3v) is 1.93. The number of nitrogens with zero attached hydrogens (tertiary/aromatic N) is 2. The maximum Gasteiger partial charge on any atom is 0.246 e. The van der Waals surface area contributed by atoms with Gasteiger partial charge < -0.3 is 10.6 Å². The van der Waals surface area contributed by atoms with E-state index in [1.54, 1.807) is 18.9 Å². The van der Waals surface area contributed by atoms with Crippen LogP contribution in [0.5, 0.6) is 0 Å². The van der Waals surface area contributed by atoms with Gasteiger partial charge in [0.2, 0.25) is 5.91 Å². The van der Waals surface area contributed by atoms with Crippen LogP contribution in [0.3, 0.4) is 0 Å². The SMILES string of the molecule is CCC(N)=NC(C)C(=O)N(C)CC. The van der Waals surface area contributed by atoms with Crippen LogP contribution in [-0.4, -0.2) is 36.3 Å². The first-order valence-corrected chi connectivity index (χ1v) is 4.60. The van der Waals surface area contributed by atoms with Crippen molar-refractivity contribution in [2.45, 2.75) is 33.2 Å². The third kappa shape index (κ3) is 3.92. The monoisotopic (exact) mass is 185 g/mol. The lowest BCUT2D eigenvalue weighted by Crippen LogP contribution is -2.34. The minimum absolute atomic E-state index is 0.0129. The second-order valence-electron chi connectivity index (χ2n) is 3.00. The van der Waals surface area contributed by atoms with Crippen LogP contribution >= 0.6 is 0 Å². The molecule has 0 aromatic heterocycles. The molecule has 1 atom stereocenters. The van der Waals surface area contributed by atoms with Crippen molar-refractivity contribution < 1.29 is 4.79 Å². The number of amidine groups is 1. The fraction of sp³-hybridized carbons (Fsp3) is 0.778. The summed E-state index contributed by atoms with van der Waals surface area (Å²) in [6.07, 6.45) is 0.688. The van der Waals surface area contributed by atoms with Crippen molar-refractivity contribution in [2.24, 2.45) is 10.7 Å². The molecular formula is C9H19N3O. The number of aliphatic imine (C=N–C) groups is 1. The summed E-state index contributed by atoms with van der Waals surface area (Å²) in [5.41, 5.74) is 5.53. The lowest BCUT2D eigenvalue weighted by molar-refractivity contribution is -0.130. The Morgan fingerprint density at radius 2 is 2.08 bits per heavy atom. The molecule has 0 rings (SSSR count). The lowest BCUT2D eigenvalue weighted by atomic mass is 10.3. The van der Waals surface area contributed by atoms with E-state index in [0.717, 1.165) is 0 Å². The van der Waals surface area contributed by atoms with E-state index in [9.17, 15) is 4.79 Å². The largest absolute Gasteiger partial charge is 0.387 e. The Hall–Kier alpha value is -1.06. The van der Waals surface area contributed by atoms with Crippen LogP contribution in [0.2, 0.25) is 0 Å². The molecule has 0 aliphatic rings. The molecule has 2 N–H and O–H groups in total. The predicted octanol–water partition coefficient (Wildman–Crippen LogP) is 0.620. The second-order valence-corrected chi connectivity index (χ2v) is 3.00. The highest BCUT2D eigenvalue weighted by molar-refractivity contribution is 5.87. The number of nitrogens with two attached hydrogens (primary N) is 1. The lowest BCUT2D eigenvalue weighted by Gasteiger charge is -2.17. The number of carbonyl (C=O) groups is 1. The normalized spacial score (nSPS) is 14.0. The zero-order valence-electron chi connectivity index (χ0n) is 8.87. The van der Waals surface area contributed by atoms with Gasteiger partial charge in [-0.15, -0.1) is 0 Å². The van der Waals surface area contributed by atoms with Gasteiger partial charge in [0.05, 0.1) is 5.84 Å². The molecule has 1 amide bonds. The molecule has 13 heavy (non-hydrogen) atoms. The van der Waals surface area contributed by atoms with Gasteiger partial charge in [0.1, 0.15) is 6.04 Å². The molecule has 0 aromatic carbocycles. The molecule has 1 unspecified atom stereocenters. The van der Waals surface area contributed by atoms with Crippen LogP contribution in [0, 0.1) is 0 Å². The fourth-order valence-corrected chi connectivity index (χ4v) is 0.870. The van der Waals surface area contributed by atoms with Crippen molar-refractivity contribution in [2.75, 3.05) is 13.6 Å². The van der Waals surface area contributed by atoms with Crippen molar-refractivity contribution >= 4 is 11.7 Å². The van der Waals surface area contributed by atoms with Gasteiger partial charge in [-0.1, -0.05) is 6.92 Å². The van der Waals surface area contributed by atoms with E-state index in [0.29, 0.717) is 18.8 Å². The second kappa shape index (κ2) is 5.56. The van der Waals surface area contributed by atoms with Crippen molar-refractivity contribution in [3.63, 3.8) is 0 Å². The number of likely N-dealkylation sites (N-methyl/N-ethyl adjacent to an activating group) is 1. The molecule has 0 radical (unpaired) electrons. The van der Waals surface area contributed by atoms with Gasteiger partial charge in [0.25, 0.3) is 0 Å². The van der Waals surface area contributed by atoms with Crippen LogP contribution in [-0.2, 0) is 4.79 Å². The highest BCUT2D eigenvalue weighted by atomic mass is 16.2. The summed E-state index contributed by atoms with van der Waals surface area (Å²) >= 11 is 0. The zero-order valence-corrected chi connectivity index (χ0v) is 8.87. The zero-order chi connectivity index (χ0) is 10.4. The number of hydrogen-bond donors (Lipinski definition) is 1. The Morgan fingerprint density at radius 1 is 1.54 bits per heavy atom. The van der Waals surface area contributed by atoms with Gasteiger partial charge in [-0.05, 0) is 13.8 Å². The Morgan fingerprint density at radius 3 is 2.46 bits per heavy atom. The van der Waals surface area contributed by atoms with Crippen LogP contribution in [0.25, 0.3) is 0 Å². The van der Waals surface area contributed by atoms with Crippen molar-refractivity contribution in [3.8, 4) is 0 Å². The minimum Gasteiger partial charge on any atom is -0.387 e. The van der Waals surface area contributed by atoms with Gasteiger partial charge in [0.15, 0.2) is 0 Å². The smallest absolute Gasteiger partial charge is 0.246 e. The van der Waals surface area contributed by atoms with E-state index in [4.69, 9.17) is 5.73 Å². The van der Waals surface area contributed by atoms with E-state index in [-0.39, 0.29) is 11.9 Å². The van der Waals surface area contributed by atoms with Crippen molar-refractivity contribution in [3.05, 3.63) is 0 Å². The number of carbonyl (C=O) groups excluding carboxylic acids is 1. The summed E-state index contributed by atoms with van der Waals surface area (Å²) in [6, 6.07) is -0.357. The molecule has 0 heterocycles. The first kappa shape index (κ1) is 11.9. The molecule has 0 aliphatic heterocycles. The van der Waals surface area contributed by atoms with Crippen molar-refractivity contribution in [1.82, 2.24) is 4.90 Å². The molecule has 0 saturated carbocycles. The van der Waals surface area contributed by atoms with E-state index >= 15 is 0 Å². The summed E-state index contributed by atoms with van der Waals surface area (Å²) in [5.74, 6) is 0.546. The predicted molar refractivity (Wildman–Crippen MR) is 54.7 cm³/mol. The van der Waals surface area contributed by atoms with E-state index < -0.39 is 0 Å². The third-order valence-electron chi connectivity index (χ3n) is 1.93. The van der Waals surface area contributed by atoms with Gasteiger partial charge in [0, 0.05) is 20.0 Å². The molecule has 0 aliphatic carbocycles. The first-order chi connectivity index (χ1) is 6.02. The average molecular weight is 185 g/mol. The molecule has 0 aromatic rings. The number of rotatable bonds is 4. The van der Waals surface area contributed by atoms with Crippen LogP contribution in [0.15, 0.2) is 4.99 Å². The van der Waals surface area contributed by atoms with Gasteiger partial charge in [-0.25, -0.2) is 0 Å². The molecule has 0 spiro atoms. The Bertz CT molecular complexity index is 201. The molecule has 76 valence electrons. The summed E-state index contributed by atoms with van der Waals surface area (Å²) < 4.78 is 0. The molecule has 0 saturated heterocycles. The Balaban J connectivity index is 4.26. The summed E-state index contributed by atoms with van der Waals surface area (Å²) in [7, 11) is 1.76. The molecular weight excluding hydrogens is 166 g/mol. The number of amides is 1. The van der Waals surface area contributed by atoms with E-state index in [1.807, 2.05) is 13.8 Å². The number of hydrogen-bond acceptors (Lipinski definition) is 2. The highest BCUT2D eigenvalue weighted by Crippen LogP contribution is 1.97. The minimum atomic E-state index is -0.357. The van der Waals surface area contributed by atoms with Crippen LogP contribution < -0.4 is 5.73 Å². The highest BCUT2D eigenvalue weighted by Gasteiger charge is 2.14. The van der Waals surface area contributed by atoms with Crippen LogP contribution in [0.1, 0.15) is 27.2 Å². The Labute approximate surface area is 79.8 Å². The standard InChI is InChI=1S/C9H19N3O/c1-5-8(10)11-7(3)9(13)12(4)6-2/h7H,5-6H2,1-4H3,(H2,10,11). The fourth-order valence-electron chi connectivity index (χ4n) is 0.870. The first-order valence-electron chi connectivity index (χ1n) is 4.60. The quantitative estimate of drug-likeness (QED) is 0.515. The maximum atomic E-state index is 11.5. The van der Waals surface area contributed by atoms with Crippen LogP contribution in [0.4, 0.5) is 0 Å². The Kier molecular flexibility index (Phi) is 5.11. The molecule has 4 heteroatoms. The molecule has 4 nitrogen and oxygen atoms in total. The van der Waals surface area contributed by atoms with Crippen molar-refractivity contribution in [1.29, 1.82) is 0 Å². The topological polar surface area (TPSA) is 58.7 Å². The molecule has 0 fully saturated rings. The maximum absolute atomic E-state index is 11.5. The van der Waals surface area contributed by atoms with E-state index in [2.05, 4.69) is 4.99 Å². The van der Waals surface area contributed by atoms with Gasteiger partial charge in [-0.2, -0.15) is 0 Å². The summed E-state index contributed by atoms with van der Waals surface area (Å²) in [6.45, 7) is 6.30. The summed E-state index contributed by atoms with van der Waals surface area (Å²) in [5, 5.41) is 0.